The van der Waals surface area contributed by atoms with Gasteiger partial charge in [0.2, 0.25) is 10.0 Å². The number of nitrogens with zero attached hydrogens (tertiary/aromatic N) is 2. The molecule has 1 aromatic rings. The number of ether oxygens (including phenoxy) is 2. The molecule has 0 spiro atoms. The highest BCUT2D eigenvalue weighted by molar-refractivity contribution is 7.89. The summed E-state index contributed by atoms with van der Waals surface area (Å²) in [6.45, 7) is 5.04. The molecule has 29 heavy (non-hydrogen) atoms. The Kier molecular flexibility index (Phi) is 6.83. The highest BCUT2D eigenvalue weighted by Gasteiger charge is 2.30. The van der Waals surface area contributed by atoms with E-state index >= 15 is 0 Å². The molecule has 160 valence electrons. The van der Waals surface area contributed by atoms with Gasteiger partial charge in [0.25, 0.3) is 5.91 Å². The number of amides is 1. The van der Waals surface area contributed by atoms with E-state index in [2.05, 4.69) is 0 Å². The Labute approximate surface area is 175 Å². The molecule has 0 radical (unpaired) electrons. The van der Waals surface area contributed by atoms with Crippen LogP contribution in [0.3, 0.4) is 0 Å². The number of hydrogen-bond acceptors (Lipinski definition) is 6. The number of rotatable bonds is 5. The van der Waals surface area contributed by atoms with E-state index in [0.717, 1.165) is 12.8 Å². The van der Waals surface area contributed by atoms with Crippen molar-refractivity contribution in [1.82, 2.24) is 9.21 Å². The Bertz CT molecular complexity index is 875. The monoisotopic (exact) mass is 444 g/mol. The third kappa shape index (κ3) is 5.09. The van der Waals surface area contributed by atoms with Crippen LogP contribution >= 0.6 is 11.6 Å². The van der Waals surface area contributed by atoms with Crippen LogP contribution in [0.25, 0.3) is 0 Å². The lowest BCUT2D eigenvalue weighted by Crippen LogP contribution is -2.49. The van der Waals surface area contributed by atoms with Gasteiger partial charge < -0.3 is 14.4 Å². The molecular formula is C19H25ClN2O6S. The second kappa shape index (κ2) is 8.99. The van der Waals surface area contributed by atoms with E-state index in [0.29, 0.717) is 26.2 Å². The average molecular weight is 445 g/mol. The van der Waals surface area contributed by atoms with Crippen LogP contribution in [0.5, 0.6) is 0 Å². The summed E-state index contributed by atoms with van der Waals surface area (Å²) in [5.41, 5.74) is 0.0312. The average Bonchev–Trinajstić information content (AvgIpc) is 3.21. The second-order valence-corrected chi connectivity index (χ2v) is 9.70. The molecule has 2 aliphatic rings. The number of halogens is 1. The molecule has 10 heteroatoms. The molecule has 8 nitrogen and oxygen atoms in total. The lowest BCUT2D eigenvalue weighted by Gasteiger charge is -2.35. The molecule has 3 rings (SSSR count). The van der Waals surface area contributed by atoms with Crippen molar-refractivity contribution in [3.63, 3.8) is 0 Å². The molecule has 1 amide bonds. The Morgan fingerprint density at radius 3 is 2.41 bits per heavy atom. The predicted molar refractivity (Wildman–Crippen MR) is 106 cm³/mol. The molecular weight excluding hydrogens is 420 g/mol. The van der Waals surface area contributed by atoms with Gasteiger partial charge in [0.05, 0.1) is 22.8 Å². The van der Waals surface area contributed by atoms with Gasteiger partial charge in [0, 0.05) is 26.2 Å². The van der Waals surface area contributed by atoms with Gasteiger partial charge in [-0.2, -0.15) is 4.31 Å². The van der Waals surface area contributed by atoms with Gasteiger partial charge in [-0.15, -0.1) is 0 Å². The van der Waals surface area contributed by atoms with Crippen molar-refractivity contribution in [2.45, 2.75) is 43.8 Å². The van der Waals surface area contributed by atoms with Crippen molar-refractivity contribution in [2.24, 2.45) is 0 Å². The number of sulfonamides is 1. The van der Waals surface area contributed by atoms with Crippen molar-refractivity contribution >= 4 is 33.5 Å². The molecule has 2 fully saturated rings. The first-order valence-electron chi connectivity index (χ1n) is 9.58. The second-order valence-electron chi connectivity index (χ2n) is 7.39. The van der Waals surface area contributed by atoms with Gasteiger partial charge in [-0.05, 0) is 44.9 Å². The Morgan fingerprint density at radius 1 is 1.17 bits per heavy atom. The summed E-state index contributed by atoms with van der Waals surface area (Å²) < 4.78 is 37.6. The van der Waals surface area contributed by atoms with Crippen LogP contribution in [0.15, 0.2) is 23.1 Å². The van der Waals surface area contributed by atoms with Gasteiger partial charge in [-0.25, -0.2) is 13.2 Å². The summed E-state index contributed by atoms with van der Waals surface area (Å²) in [7, 11) is -3.78. The molecule has 2 aliphatic heterocycles. The number of carbonyl (C=O) groups excluding carboxylic acids is 2. The summed E-state index contributed by atoms with van der Waals surface area (Å²) in [6.07, 6.45) is 1.40. The molecule has 2 unspecified atom stereocenters. The highest BCUT2D eigenvalue weighted by atomic mass is 35.5. The van der Waals surface area contributed by atoms with Gasteiger partial charge in [0.15, 0.2) is 6.61 Å². The summed E-state index contributed by atoms with van der Waals surface area (Å²) in [5.74, 6) is -1.10. The van der Waals surface area contributed by atoms with Crippen molar-refractivity contribution in [3.8, 4) is 0 Å². The third-order valence-electron chi connectivity index (χ3n) is 4.95. The molecule has 2 heterocycles. The number of hydrogen-bond donors (Lipinski definition) is 0. The van der Waals surface area contributed by atoms with Gasteiger partial charge in [0.1, 0.15) is 4.90 Å². The smallest absolute Gasteiger partial charge is 0.338 e. The maximum Gasteiger partial charge on any atom is 0.338 e. The molecule has 1 aromatic carbocycles. The van der Waals surface area contributed by atoms with Crippen molar-refractivity contribution in [2.75, 3.05) is 32.8 Å². The third-order valence-corrected chi connectivity index (χ3v) is 7.33. The summed E-state index contributed by atoms with van der Waals surface area (Å²) in [4.78, 5) is 26.2. The Morgan fingerprint density at radius 2 is 1.79 bits per heavy atom. The van der Waals surface area contributed by atoms with Crippen LogP contribution in [0, 0.1) is 0 Å². The number of morpholine rings is 1. The van der Waals surface area contributed by atoms with Gasteiger partial charge >= 0.3 is 5.97 Å². The molecule has 0 aromatic heterocycles. The summed E-state index contributed by atoms with van der Waals surface area (Å²) >= 11 is 6.09. The van der Waals surface area contributed by atoms with Crippen LogP contribution in [0.4, 0.5) is 0 Å². The van der Waals surface area contributed by atoms with Gasteiger partial charge in [-0.3, -0.25) is 4.79 Å². The van der Waals surface area contributed by atoms with E-state index < -0.39 is 22.6 Å². The van der Waals surface area contributed by atoms with Crippen molar-refractivity contribution < 1.29 is 27.5 Å². The Hall–Kier alpha value is -1.68. The van der Waals surface area contributed by atoms with Crippen LogP contribution in [0.1, 0.15) is 37.0 Å². The largest absolute Gasteiger partial charge is 0.452 e. The van der Waals surface area contributed by atoms with Crippen LogP contribution in [0.2, 0.25) is 5.02 Å². The lowest BCUT2D eigenvalue weighted by molar-refractivity contribution is -0.146. The van der Waals surface area contributed by atoms with E-state index in [1.807, 2.05) is 13.8 Å². The topological polar surface area (TPSA) is 93.2 Å². The van der Waals surface area contributed by atoms with Crippen LogP contribution < -0.4 is 0 Å². The highest BCUT2D eigenvalue weighted by Crippen LogP contribution is 2.28. The van der Waals surface area contributed by atoms with E-state index in [9.17, 15) is 18.0 Å². The fourth-order valence-electron chi connectivity index (χ4n) is 3.58. The lowest BCUT2D eigenvalue weighted by atomic mass is 10.2. The fraction of sp³-hybridized carbons (Fsp3) is 0.579. The normalized spacial score (nSPS) is 23.2. The predicted octanol–water partition coefficient (Wildman–Crippen LogP) is 1.92. The quantitative estimate of drug-likeness (QED) is 0.644. The zero-order valence-electron chi connectivity index (χ0n) is 16.5. The zero-order chi connectivity index (χ0) is 21.2. The first-order valence-corrected chi connectivity index (χ1v) is 11.4. The SMILES string of the molecule is CC1CN(C(=O)COC(=O)c2ccc(Cl)c(S(=O)(=O)N3CCCC3)c2)CC(C)O1. The minimum absolute atomic E-state index is 0.0312. The maximum atomic E-state index is 12.8. The van der Waals surface area contributed by atoms with Crippen LogP contribution in [-0.2, 0) is 24.3 Å². The molecule has 0 bridgehead atoms. The minimum atomic E-state index is -3.78. The maximum absolute atomic E-state index is 12.8. The Balaban J connectivity index is 1.67. The number of esters is 1. The van der Waals surface area contributed by atoms with E-state index in [4.69, 9.17) is 21.1 Å². The molecule has 2 saturated heterocycles. The summed E-state index contributed by atoms with van der Waals surface area (Å²) in [5, 5.41) is 0.0424. The summed E-state index contributed by atoms with van der Waals surface area (Å²) in [6, 6.07) is 3.95. The van der Waals surface area contributed by atoms with E-state index in [1.165, 1.54) is 22.5 Å². The van der Waals surface area contributed by atoms with E-state index in [-0.39, 0.29) is 33.6 Å². The molecule has 0 aliphatic carbocycles. The zero-order valence-corrected chi connectivity index (χ0v) is 18.0. The minimum Gasteiger partial charge on any atom is -0.452 e. The first kappa shape index (κ1) is 22.0. The fourth-order valence-corrected chi connectivity index (χ4v) is 5.60. The standard InChI is InChI=1S/C19H25ClN2O6S/c1-13-10-21(11-14(2)28-13)18(23)12-27-19(24)15-5-6-16(20)17(9-15)29(25,26)22-7-3-4-8-22/h5-6,9,13-14H,3-4,7-8,10-12H2,1-2H3. The van der Waals surface area contributed by atoms with Crippen molar-refractivity contribution in [3.05, 3.63) is 28.8 Å². The molecule has 0 N–H and O–H groups in total. The van der Waals surface area contributed by atoms with Crippen LogP contribution in [-0.4, -0.2) is 74.5 Å². The first-order chi connectivity index (χ1) is 13.7. The van der Waals surface area contributed by atoms with Crippen molar-refractivity contribution in [1.29, 1.82) is 0 Å². The van der Waals surface area contributed by atoms with Gasteiger partial charge in [-0.1, -0.05) is 11.6 Å². The number of carbonyl (C=O) groups is 2. The van der Waals surface area contributed by atoms with E-state index in [1.54, 1.807) is 4.90 Å². The number of benzene rings is 1. The molecule has 2 atom stereocenters. The molecule has 0 saturated carbocycles.